The van der Waals surface area contributed by atoms with Crippen molar-refractivity contribution in [1.29, 1.82) is 0 Å². The maximum atomic E-state index is 2.21. The van der Waals surface area contributed by atoms with Crippen molar-refractivity contribution < 1.29 is 0 Å². The minimum absolute atomic E-state index is 1.05. The topological polar surface area (TPSA) is 0 Å². The van der Waals surface area contributed by atoms with E-state index in [2.05, 4.69) is 59.5 Å². The van der Waals surface area contributed by atoms with Gasteiger partial charge in [-0.1, -0.05) is 24.3 Å². The summed E-state index contributed by atoms with van der Waals surface area (Å²) < 4.78 is 0. The first kappa shape index (κ1) is 12.7. The van der Waals surface area contributed by atoms with Crippen LogP contribution in [-0.4, -0.2) is 6.26 Å². The third-order valence-electron chi connectivity index (χ3n) is 2.28. The molecule has 0 amide bonds. The molecule has 88 valence electrons. The molecule has 2 heterocycles. The highest BCUT2D eigenvalue weighted by Gasteiger charge is 1.97. The third-order valence-corrected chi connectivity index (χ3v) is 4.80. The van der Waals surface area contributed by atoms with E-state index in [0.717, 1.165) is 6.42 Å². The molecule has 0 aliphatic rings. The Kier molecular flexibility index (Phi) is 5.10. The molecule has 0 spiro atoms. The van der Waals surface area contributed by atoms with Crippen LogP contribution in [0.5, 0.6) is 0 Å². The fraction of sp³-hybridized carbons (Fsp3) is 0.143. The van der Waals surface area contributed by atoms with E-state index in [1.54, 1.807) is 11.3 Å². The van der Waals surface area contributed by atoms with Crippen molar-refractivity contribution in [3.8, 4) is 0 Å². The van der Waals surface area contributed by atoms with Gasteiger partial charge in [0.05, 0.1) is 0 Å². The van der Waals surface area contributed by atoms with Gasteiger partial charge in [-0.15, -0.1) is 34.4 Å². The van der Waals surface area contributed by atoms with Crippen LogP contribution >= 0.6 is 34.4 Å². The number of thioether (sulfide) groups is 1. The summed E-state index contributed by atoms with van der Waals surface area (Å²) in [6.07, 6.45) is 9.71. The van der Waals surface area contributed by atoms with Crippen molar-refractivity contribution in [2.75, 3.05) is 6.26 Å². The summed E-state index contributed by atoms with van der Waals surface area (Å²) in [7, 11) is 0. The van der Waals surface area contributed by atoms with Gasteiger partial charge in [0.2, 0.25) is 0 Å². The average Bonchev–Trinajstić information content (AvgIpc) is 3.00. The van der Waals surface area contributed by atoms with Gasteiger partial charge < -0.3 is 0 Å². The maximum absolute atomic E-state index is 2.21. The zero-order valence-corrected chi connectivity index (χ0v) is 12.1. The quantitative estimate of drug-likeness (QED) is 0.668. The van der Waals surface area contributed by atoms with Crippen LogP contribution in [0.2, 0.25) is 0 Å². The Morgan fingerprint density at radius 2 is 2.06 bits per heavy atom. The fourth-order valence-corrected chi connectivity index (χ4v) is 3.38. The van der Waals surface area contributed by atoms with E-state index >= 15 is 0 Å². The standard InChI is InChI=1S/C14H14S3/c1-15-13(11-14-8-4-10-17-14)6-2-5-12-7-3-9-16-12/h2-10H,11H2,1H3/b5-2+,13-6-. The van der Waals surface area contributed by atoms with Gasteiger partial charge >= 0.3 is 0 Å². The number of allylic oxidation sites excluding steroid dienone is 3. The highest BCUT2D eigenvalue weighted by Crippen LogP contribution is 2.21. The highest BCUT2D eigenvalue weighted by atomic mass is 32.2. The molecule has 0 bridgehead atoms. The minimum atomic E-state index is 1.05. The molecule has 17 heavy (non-hydrogen) atoms. The van der Waals surface area contributed by atoms with Gasteiger partial charge in [0.1, 0.15) is 0 Å². The van der Waals surface area contributed by atoms with Crippen LogP contribution in [0.4, 0.5) is 0 Å². The molecule has 0 radical (unpaired) electrons. The second kappa shape index (κ2) is 6.84. The predicted molar refractivity (Wildman–Crippen MR) is 83.0 cm³/mol. The van der Waals surface area contributed by atoms with Crippen LogP contribution < -0.4 is 0 Å². The van der Waals surface area contributed by atoms with Crippen LogP contribution in [0.25, 0.3) is 6.08 Å². The van der Waals surface area contributed by atoms with Crippen LogP contribution in [0.1, 0.15) is 9.75 Å². The second-order valence-electron chi connectivity index (χ2n) is 3.47. The van der Waals surface area contributed by atoms with Gasteiger partial charge in [-0.25, -0.2) is 0 Å². The Bertz CT molecular complexity index is 476. The van der Waals surface area contributed by atoms with Crippen molar-refractivity contribution >= 4 is 40.5 Å². The molecular formula is C14H14S3. The van der Waals surface area contributed by atoms with E-state index in [1.807, 2.05) is 23.1 Å². The lowest BCUT2D eigenvalue weighted by Crippen LogP contribution is -1.81. The number of rotatable bonds is 5. The lowest BCUT2D eigenvalue weighted by Gasteiger charge is -1.99. The first-order chi connectivity index (χ1) is 8.38. The Morgan fingerprint density at radius 1 is 1.24 bits per heavy atom. The Hall–Kier alpha value is -0.770. The van der Waals surface area contributed by atoms with Crippen molar-refractivity contribution in [3.63, 3.8) is 0 Å². The molecule has 0 aliphatic heterocycles. The third kappa shape index (κ3) is 4.19. The van der Waals surface area contributed by atoms with E-state index in [0.29, 0.717) is 0 Å². The van der Waals surface area contributed by atoms with Gasteiger partial charge in [0.15, 0.2) is 0 Å². The molecule has 2 rings (SSSR count). The van der Waals surface area contributed by atoms with E-state index in [4.69, 9.17) is 0 Å². The summed E-state index contributed by atoms with van der Waals surface area (Å²) in [5.41, 5.74) is 0. The van der Waals surface area contributed by atoms with Gasteiger partial charge in [-0.2, -0.15) is 0 Å². The Morgan fingerprint density at radius 3 is 2.71 bits per heavy atom. The van der Waals surface area contributed by atoms with Crippen molar-refractivity contribution in [3.05, 3.63) is 61.8 Å². The highest BCUT2D eigenvalue weighted by molar-refractivity contribution is 8.02. The van der Waals surface area contributed by atoms with Gasteiger partial charge in [0.25, 0.3) is 0 Å². The van der Waals surface area contributed by atoms with Crippen molar-refractivity contribution in [2.24, 2.45) is 0 Å². The summed E-state index contributed by atoms with van der Waals surface area (Å²) in [6, 6.07) is 8.51. The molecule has 2 aromatic rings. The molecule has 0 fully saturated rings. The van der Waals surface area contributed by atoms with Gasteiger partial charge in [0, 0.05) is 16.2 Å². The molecular weight excluding hydrogens is 264 g/mol. The summed E-state index contributed by atoms with van der Waals surface area (Å²) in [6.45, 7) is 0. The monoisotopic (exact) mass is 278 g/mol. The molecule has 0 aromatic carbocycles. The van der Waals surface area contributed by atoms with E-state index in [1.165, 1.54) is 14.7 Å². The largest absolute Gasteiger partial charge is 0.149 e. The normalized spacial score (nSPS) is 12.4. The SMILES string of the molecule is CS/C(=C\C=C\c1cccs1)Cc1cccs1. The molecule has 0 unspecified atom stereocenters. The van der Waals surface area contributed by atoms with E-state index in [-0.39, 0.29) is 0 Å². The molecule has 0 aliphatic carbocycles. The molecule has 0 atom stereocenters. The Balaban J connectivity index is 1.98. The molecule has 2 aromatic heterocycles. The maximum Gasteiger partial charge on any atom is 0.0270 e. The first-order valence-electron chi connectivity index (χ1n) is 5.35. The van der Waals surface area contributed by atoms with Crippen LogP contribution in [0.15, 0.2) is 52.1 Å². The number of thiophene rings is 2. The van der Waals surface area contributed by atoms with Gasteiger partial charge in [-0.3, -0.25) is 0 Å². The summed E-state index contributed by atoms with van der Waals surface area (Å²) in [5, 5.41) is 4.24. The number of hydrogen-bond acceptors (Lipinski definition) is 3. The average molecular weight is 278 g/mol. The first-order valence-corrected chi connectivity index (χ1v) is 8.34. The lowest BCUT2D eigenvalue weighted by molar-refractivity contribution is 1.31. The van der Waals surface area contributed by atoms with Crippen LogP contribution in [0.3, 0.4) is 0 Å². The lowest BCUT2D eigenvalue weighted by atomic mass is 10.3. The smallest absolute Gasteiger partial charge is 0.0270 e. The summed E-state index contributed by atoms with van der Waals surface area (Å²) in [4.78, 5) is 4.13. The molecule has 3 heteroatoms. The van der Waals surface area contributed by atoms with Gasteiger partial charge in [-0.05, 0) is 40.1 Å². The summed E-state index contributed by atoms with van der Waals surface area (Å²) in [5.74, 6) is 0. The minimum Gasteiger partial charge on any atom is -0.149 e. The van der Waals surface area contributed by atoms with Crippen LogP contribution in [0, 0.1) is 0 Å². The fourth-order valence-electron chi connectivity index (χ4n) is 1.42. The van der Waals surface area contributed by atoms with Crippen molar-refractivity contribution in [1.82, 2.24) is 0 Å². The van der Waals surface area contributed by atoms with Crippen LogP contribution in [-0.2, 0) is 6.42 Å². The predicted octanol–water partition coefficient (Wildman–Crippen LogP) is 5.31. The van der Waals surface area contributed by atoms with E-state index < -0.39 is 0 Å². The van der Waals surface area contributed by atoms with E-state index in [9.17, 15) is 0 Å². The molecule has 0 N–H and O–H groups in total. The molecule has 0 saturated heterocycles. The second-order valence-corrected chi connectivity index (χ2v) is 6.41. The summed E-state index contributed by atoms with van der Waals surface area (Å²) >= 11 is 5.41. The molecule has 0 nitrogen and oxygen atoms in total. The van der Waals surface area contributed by atoms with Crippen molar-refractivity contribution in [2.45, 2.75) is 6.42 Å². The number of hydrogen-bond donors (Lipinski definition) is 0. The zero-order valence-electron chi connectivity index (χ0n) is 9.63. The molecule has 0 saturated carbocycles. The zero-order chi connectivity index (χ0) is 11.9. The Labute approximate surface area is 115 Å².